The van der Waals surface area contributed by atoms with E-state index in [-0.39, 0.29) is 18.0 Å². The number of carbonyl (C=O) groups is 1. The van der Waals surface area contributed by atoms with Crippen molar-refractivity contribution >= 4 is 16.9 Å². The second kappa shape index (κ2) is 8.71. The van der Waals surface area contributed by atoms with Gasteiger partial charge in [-0.15, -0.1) is 0 Å². The maximum absolute atomic E-state index is 12.6. The van der Waals surface area contributed by atoms with Crippen LogP contribution in [-0.2, 0) is 17.8 Å². The van der Waals surface area contributed by atoms with Gasteiger partial charge in [0.05, 0.1) is 22.8 Å². The summed E-state index contributed by atoms with van der Waals surface area (Å²) in [4.78, 5) is 21.7. The van der Waals surface area contributed by atoms with Gasteiger partial charge < -0.3 is 9.88 Å². The van der Waals surface area contributed by atoms with Gasteiger partial charge in [-0.2, -0.15) is 0 Å². The third-order valence-corrected chi connectivity index (χ3v) is 5.19. The van der Waals surface area contributed by atoms with Gasteiger partial charge in [0.1, 0.15) is 11.9 Å². The zero-order chi connectivity index (χ0) is 20.2. The molecule has 3 N–H and O–H groups in total. The standard InChI is InChI=1S/C22H28N6O/c1-15(2)14-28-20-9-4-3-8-17(20)25-21(28)10-12-24-22(29)19-13-18(26-27-19)16-7-5-6-11-23-16/h3-9,11,15,18-19,26-27H,10,12-14H2,1-2H3,(H,24,29). The highest BCUT2D eigenvalue weighted by Crippen LogP contribution is 2.20. The molecule has 1 aliphatic rings. The lowest BCUT2D eigenvalue weighted by Crippen LogP contribution is -2.43. The zero-order valence-corrected chi connectivity index (χ0v) is 16.9. The van der Waals surface area contributed by atoms with Gasteiger partial charge in [0, 0.05) is 25.7 Å². The lowest BCUT2D eigenvalue weighted by Gasteiger charge is -2.13. The Morgan fingerprint density at radius 3 is 2.83 bits per heavy atom. The molecule has 152 valence electrons. The molecule has 3 heterocycles. The molecule has 3 aromatic rings. The molecule has 7 nitrogen and oxygen atoms in total. The lowest BCUT2D eigenvalue weighted by atomic mass is 10.1. The van der Waals surface area contributed by atoms with E-state index in [4.69, 9.17) is 4.98 Å². The summed E-state index contributed by atoms with van der Waals surface area (Å²) in [5.41, 5.74) is 9.37. The highest BCUT2D eigenvalue weighted by atomic mass is 16.2. The van der Waals surface area contributed by atoms with Gasteiger partial charge in [-0.3, -0.25) is 9.78 Å². The SMILES string of the molecule is CC(C)Cn1c(CCNC(=O)C2CC(c3ccccn3)NN2)nc2ccccc21. The molecule has 2 aromatic heterocycles. The monoisotopic (exact) mass is 392 g/mol. The third-order valence-electron chi connectivity index (χ3n) is 5.19. The first-order chi connectivity index (χ1) is 14.1. The molecule has 29 heavy (non-hydrogen) atoms. The minimum absolute atomic E-state index is 0.00227. The predicted octanol–water partition coefficient (Wildman–Crippen LogP) is 2.35. The maximum atomic E-state index is 12.6. The molecule has 0 radical (unpaired) electrons. The quantitative estimate of drug-likeness (QED) is 0.575. The van der Waals surface area contributed by atoms with Gasteiger partial charge in [0.2, 0.25) is 5.91 Å². The number of imidazole rings is 1. The van der Waals surface area contributed by atoms with Crippen LogP contribution in [0.15, 0.2) is 48.7 Å². The van der Waals surface area contributed by atoms with E-state index in [1.54, 1.807) is 6.20 Å². The van der Waals surface area contributed by atoms with Crippen LogP contribution < -0.4 is 16.2 Å². The first kappa shape index (κ1) is 19.5. The Hall–Kier alpha value is -2.77. The van der Waals surface area contributed by atoms with Crippen molar-refractivity contribution in [1.29, 1.82) is 0 Å². The first-order valence-electron chi connectivity index (χ1n) is 10.3. The van der Waals surface area contributed by atoms with E-state index in [0.717, 1.165) is 29.1 Å². The molecule has 1 aliphatic heterocycles. The smallest absolute Gasteiger partial charge is 0.238 e. The van der Waals surface area contributed by atoms with Crippen LogP contribution in [0.4, 0.5) is 0 Å². The van der Waals surface area contributed by atoms with Crippen LogP contribution in [0.2, 0.25) is 0 Å². The van der Waals surface area contributed by atoms with Crippen molar-refractivity contribution in [3.63, 3.8) is 0 Å². The Kier molecular flexibility index (Phi) is 5.87. The number of hydrogen-bond acceptors (Lipinski definition) is 5. The van der Waals surface area contributed by atoms with Crippen LogP contribution in [0.1, 0.15) is 37.8 Å². The van der Waals surface area contributed by atoms with Crippen LogP contribution in [-0.4, -0.2) is 33.0 Å². The lowest BCUT2D eigenvalue weighted by molar-refractivity contribution is -0.122. The number of nitrogens with one attached hydrogen (secondary N) is 3. The summed E-state index contributed by atoms with van der Waals surface area (Å²) in [7, 11) is 0. The van der Waals surface area contributed by atoms with Crippen molar-refractivity contribution in [3.05, 3.63) is 60.2 Å². The Bertz CT molecular complexity index is 968. The molecule has 0 saturated carbocycles. The van der Waals surface area contributed by atoms with E-state index < -0.39 is 0 Å². The number of hydrogen-bond donors (Lipinski definition) is 3. The minimum Gasteiger partial charge on any atom is -0.354 e. The van der Waals surface area contributed by atoms with Crippen LogP contribution in [0, 0.1) is 5.92 Å². The summed E-state index contributed by atoms with van der Waals surface area (Å²) in [6.45, 7) is 5.89. The van der Waals surface area contributed by atoms with Crippen molar-refractivity contribution in [2.45, 2.75) is 45.3 Å². The van der Waals surface area contributed by atoms with Crippen molar-refractivity contribution in [2.75, 3.05) is 6.54 Å². The summed E-state index contributed by atoms with van der Waals surface area (Å²) < 4.78 is 2.28. The van der Waals surface area contributed by atoms with Crippen molar-refractivity contribution in [3.8, 4) is 0 Å². The highest BCUT2D eigenvalue weighted by Gasteiger charge is 2.30. The molecule has 1 amide bonds. The Labute approximate surface area is 170 Å². The van der Waals surface area contributed by atoms with Crippen LogP contribution in [0.25, 0.3) is 11.0 Å². The summed E-state index contributed by atoms with van der Waals surface area (Å²) in [6.07, 6.45) is 3.15. The molecule has 0 spiro atoms. The van der Waals surface area contributed by atoms with Crippen molar-refractivity contribution in [2.24, 2.45) is 5.92 Å². The molecule has 7 heteroatoms. The number of para-hydroxylation sites is 2. The van der Waals surface area contributed by atoms with Crippen molar-refractivity contribution < 1.29 is 4.79 Å². The van der Waals surface area contributed by atoms with Gasteiger partial charge >= 0.3 is 0 Å². The summed E-state index contributed by atoms with van der Waals surface area (Å²) >= 11 is 0. The van der Waals surface area contributed by atoms with E-state index >= 15 is 0 Å². The normalized spacial score (nSPS) is 19.1. The molecular weight excluding hydrogens is 364 g/mol. The number of rotatable bonds is 7. The minimum atomic E-state index is -0.267. The number of nitrogens with zero attached hydrogens (tertiary/aromatic N) is 3. The highest BCUT2D eigenvalue weighted by molar-refractivity contribution is 5.82. The largest absolute Gasteiger partial charge is 0.354 e. The number of amides is 1. The maximum Gasteiger partial charge on any atom is 0.238 e. The van der Waals surface area contributed by atoms with Gasteiger partial charge in [0.25, 0.3) is 0 Å². The number of benzene rings is 1. The van der Waals surface area contributed by atoms with E-state index in [9.17, 15) is 4.79 Å². The topological polar surface area (TPSA) is 83.9 Å². The first-order valence-corrected chi connectivity index (χ1v) is 10.3. The molecule has 1 fully saturated rings. The summed E-state index contributed by atoms with van der Waals surface area (Å²) in [6, 6.07) is 13.8. The van der Waals surface area contributed by atoms with E-state index in [1.807, 2.05) is 36.4 Å². The molecule has 2 atom stereocenters. The Morgan fingerprint density at radius 2 is 2.03 bits per heavy atom. The van der Waals surface area contributed by atoms with Crippen LogP contribution in [0.3, 0.4) is 0 Å². The van der Waals surface area contributed by atoms with Gasteiger partial charge in [-0.1, -0.05) is 32.0 Å². The number of fused-ring (bicyclic) bond motifs is 1. The van der Waals surface area contributed by atoms with Gasteiger partial charge in [0.15, 0.2) is 0 Å². The van der Waals surface area contributed by atoms with Crippen LogP contribution >= 0.6 is 0 Å². The zero-order valence-electron chi connectivity index (χ0n) is 16.9. The molecule has 0 bridgehead atoms. The number of carbonyl (C=O) groups excluding carboxylic acids is 1. The van der Waals surface area contributed by atoms with Crippen LogP contribution in [0.5, 0.6) is 0 Å². The van der Waals surface area contributed by atoms with E-state index in [1.165, 1.54) is 0 Å². The van der Waals surface area contributed by atoms with E-state index in [0.29, 0.717) is 25.3 Å². The average Bonchev–Trinajstić information content (AvgIpc) is 3.34. The summed E-state index contributed by atoms with van der Waals surface area (Å²) in [5.74, 6) is 1.55. The fourth-order valence-corrected chi connectivity index (χ4v) is 3.81. The van der Waals surface area contributed by atoms with Crippen molar-refractivity contribution in [1.82, 2.24) is 30.7 Å². The fraction of sp³-hybridized carbons (Fsp3) is 0.409. The number of aromatic nitrogens is 3. The Morgan fingerprint density at radius 1 is 1.21 bits per heavy atom. The molecule has 0 aliphatic carbocycles. The third kappa shape index (κ3) is 4.46. The second-order valence-corrected chi connectivity index (χ2v) is 7.95. The predicted molar refractivity (Wildman–Crippen MR) is 113 cm³/mol. The van der Waals surface area contributed by atoms with Gasteiger partial charge in [-0.05, 0) is 36.6 Å². The summed E-state index contributed by atoms with van der Waals surface area (Å²) in [5, 5.41) is 3.05. The molecule has 1 saturated heterocycles. The average molecular weight is 393 g/mol. The van der Waals surface area contributed by atoms with E-state index in [2.05, 4.69) is 45.6 Å². The molecule has 4 rings (SSSR count). The Balaban J connectivity index is 1.35. The fourth-order valence-electron chi connectivity index (χ4n) is 3.81. The van der Waals surface area contributed by atoms with Gasteiger partial charge in [-0.25, -0.2) is 15.8 Å². The molecular formula is C22H28N6O. The molecule has 2 unspecified atom stereocenters. The molecule has 1 aromatic carbocycles. The second-order valence-electron chi connectivity index (χ2n) is 7.95. The number of hydrazine groups is 1. The number of pyridine rings is 1.